The Morgan fingerprint density at radius 1 is 1.33 bits per heavy atom. The molecule has 0 aliphatic rings. The molecule has 2 heteroatoms. The van der Waals surface area contributed by atoms with E-state index in [1.165, 1.54) is 26.2 Å². The summed E-state index contributed by atoms with van der Waals surface area (Å²) in [6.07, 6.45) is 4.68. The fourth-order valence-electron chi connectivity index (χ4n) is 1.33. The van der Waals surface area contributed by atoms with Gasteiger partial charge in [0.1, 0.15) is 0 Å². The number of hydrogen-bond donors (Lipinski definition) is 0. The third kappa shape index (κ3) is 6.20. The van der Waals surface area contributed by atoms with Gasteiger partial charge in [-0.3, -0.25) is 4.79 Å². The monoisotopic (exact) mass is 172 g/mol. The van der Waals surface area contributed by atoms with E-state index in [4.69, 9.17) is 4.74 Å². The van der Waals surface area contributed by atoms with E-state index in [0.29, 0.717) is 6.61 Å². The zero-order valence-corrected chi connectivity index (χ0v) is 8.43. The normalized spacial score (nSPS) is 12.6. The van der Waals surface area contributed by atoms with Gasteiger partial charge in [-0.05, 0) is 12.3 Å². The van der Waals surface area contributed by atoms with E-state index >= 15 is 0 Å². The zero-order valence-electron chi connectivity index (χ0n) is 8.43. The summed E-state index contributed by atoms with van der Waals surface area (Å²) in [5.41, 5.74) is 0. The average molecular weight is 172 g/mol. The standard InChI is InChI=1S/C10H20O2/c1-4-6-10(5-2)7-8-12-9(3)11/h10H,4-8H2,1-3H3. The molecule has 0 aromatic carbocycles. The molecular weight excluding hydrogens is 152 g/mol. The van der Waals surface area contributed by atoms with E-state index in [0.717, 1.165) is 12.3 Å². The van der Waals surface area contributed by atoms with Crippen molar-refractivity contribution in [2.24, 2.45) is 5.92 Å². The molecule has 0 fully saturated rings. The Balaban J connectivity index is 3.37. The maximum atomic E-state index is 10.4. The van der Waals surface area contributed by atoms with Crippen LogP contribution in [0, 0.1) is 5.92 Å². The molecule has 2 nitrogen and oxygen atoms in total. The number of rotatable bonds is 6. The van der Waals surface area contributed by atoms with Crippen LogP contribution in [0.5, 0.6) is 0 Å². The smallest absolute Gasteiger partial charge is 0.302 e. The third-order valence-electron chi connectivity index (χ3n) is 2.11. The Kier molecular flexibility index (Phi) is 6.82. The molecule has 0 saturated heterocycles. The van der Waals surface area contributed by atoms with Gasteiger partial charge in [0.2, 0.25) is 0 Å². The Morgan fingerprint density at radius 2 is 2.00 bits per heavy atom. The summed E-state index contributed by atoms with van der Waals surface area (Å²) in [5, 5.41) is 0. The van der Waals surface area contributed by atoms with Gasteiger partial charge in [0, 0.05) is 6.92 Å². The van der Waals surface area contributed by atoms with Crippen LogP contribution in [0.2, 0.25) is 0 Å². The van der Waals surface area contributed by atoms with Gasteiger partial charge in [0.05, 0.1) is 6.61 Å². The van der Waals surface area contributed by atoms with Crippen molar-refractivity contribution in [3.8, 4) is 0 Å². The number of ether oxygens (including phenoxy) is 1. The molecule has 72 valence electrons. The minimum absolute atomic E-state index is 0.165. The Labute approximate surface area is 75.3 Å². The van der Waals surface area contributed by atoms with Gasteiger partial charge in [-0.1, -0.05) is 33.1 Å². The van der Waals surface area contributed by atoms with Gasteiger partial charge in [-0.15, -0.1) is 0 Å². The number of hydrogen-bond acceptors (Lipinski definition) is 2. The average Bonchev–Trinajstić information content (AvgIpc) is 2.02. The first-order chi connectivity index (χ1) is 5.70. The summed E-state index contributed by atoms with van der Waals surface area (Å²) in [7, 11) is 0. The van der Waals surface area contributed by atoms with Crippen molar-refractivity contribution < 1.29 is 9.53 Å². The van der Waals surface area contributed by atoms with Crippen LogP contribution in [-0.2, 0) is 9.53 Å². The van der Waals surface area contributed by atoms with Crippen LogP contribution in [0.4, 0.5) is 0 Å². The van der Waals surface area contributed by atoms with Crippen LogP contribution in [0.3, 0.4) is 0 Å². The second-order valence-corrected chi connectivity index (χ2v) is 3.19. The molecule has 0 aromatic rings. The van der Waals surface area contributed by atoms with Crippen LogP contribution in [0.1, 0.15) is 46.5 Å². The highest BCUT2D eigenvalue weighted by molar-refractivity contribution is 5.65. The molecule has 0 N–H and O–H groups in total. The van der Waals surface area contributed by atoms with Crippen molar-refractivity contribution in [1.82, 2.24) is 0 Å². The molecule has 0 aliphatic carbocycles. The summed E-state index contributed by atoms with van der Waals surface area (Å²) >= 11 is 0. The molecule has 0 aromatic heterocycles. The van der Waals surface area contributed by atoms with Gasteiger partial charge in [0.15, 0.2) is 0 Å². The second-order valence-electron chi connectivity index (χ2n) is 3.19. The van der Waals surface area contributed by atoms with Gasteiger partial charge >= 0.3 is 5.97 Å². The molecule has 1 unspecified atom stereocenters. The van der Waals surface area contributed by atoms with E-state index < -0.39 is 0 Å². The van der Waals surface area contributed by atoms with Crippen molar-refractivity contribution in [1.29, 1.82) is 0 Å². The van der Waals surface area contributed by atoms with Gasteiger partial charge in [-0.2, -0.15) is 0 Å². The van der Waals surface area contributed by atoms with E-state index in [2.05, 4.69) is 13.8 Å². The van der Waals surface area contributed by atoms with E-state index in [-0.39, 0.29) is 5.97 Å². The Bertz CT molecular complexity index is 121. The molecule has 0 heterocycles. The first kappa shape index (κ1) is 11.5. The lowest BCUT2D eigenvalue weighted by Gasteiger charge is -2.12. The van der Waals surface area contributed by atoms with Crippen LogP contribution in [0.25, 0.3) is 0 Å². The summed E-state index contributed by atoms with van der Waals surface area (Å²) in [6, 6.07) is 0. The van der Waals surface area contributed by atoms with Gasteiger partial charge in [-0.25, -0.2) is 0 Å². The molecule has 0 amide bonds. The van der Waals surface area contributed by atoms with Crippen molar-refractivity contribution in [2.45, 2.75) is 46.5 Å². The van der Waals surface area contributed by atoms with Crippen LogP contribution < -0.4 is 0 Å². The highest BCUT2D eigenvalue weighted by Gasteiger charge is 2.05. The fraction of sp³-hybridized carbons (Fsp3) is 0.900. The van der Waals surface area contributed by atoms with E-state index in [1.54, 1.807) is 0 Å². The zero-order chi connectivity index (χ0) is 9.40. The molecule has 0 spiro atoms. The SMILES string of the molecule is CCCC(CC)CCOC(C)=O. The summed E-state index contributed by atoms with van der Waals surface area (Å²) in [5.74, 6) is 0.565. The lowest BCUT2D eigenvalue weighted by Crippen LogP contribution is -2.06. The minimum atomic E-state index is -0.165. The predicted molar refractivity (Wildman–Crippen MR) is 49.9 cm³/mol. The van der Waals surface area contributed by atoms with Crippen LogP contribution in [-0.4, -0.2) is 12.6 Å². The topological polar surface area (TPSA) is 26.3 Å². The largest absolute Gasteiger partial charge is 0.466 e. The van der Waals surface area contributed by atoms with Crippen molar-refractivity contribution in [3.05, 3.63) is 0 Å². The molecule has 0 saturated carbocycles. The van der Waals surface area contributed by atoms with Crippen LogP contribution >= 0.6 is 0 Å². The predicted octanol–water partition coefficient (Wildman–Crippen LogP) is 2.77. The maximum Gasteiger partial charge on any atom is 0.302 e. The fourth-order valence-corrected chi connectivity index (χ4v) is 1.33. The first-order valence-corrected chi connectivity index (χ1v) is 4.84. The Morgan fingerprint density at radius 3 is 2.42 bits per heavy atom. The summed E-state index contributed by atoms with van der Waals surface area (Å²) in [6.45, 7) is 6.43. The summed E-state index contributed by atoms with van der Waals surface area (Å²) < 4.78 is 4.88. The maximum absolute atomic E-state index is 10.4. The highest BCUT2D eigenvalue weighted by atomic mass is 16.5. The second kappa shape index (κ2) is 7.14. The molecule has 1 atom stereocenters. The molecule has 0 bridgehead atoms. The first-order valence-electron chi connectivity index (χ1n) is 4.84. The number of carbonyl (C=O) groups excluding carboxylic acids is 1. The van der Waals surface area contributed by atoms with Gasteiger partial charge < -0.3 is 4.74 Å². The van der Waals surface area contributed by atoms with Crippen molar-refractivity contribution >= 4 is 5.97 Å². The van der Waals surface area contributed by atoms with Crippen molar-refractivity contribution in [2.75, 3.05) is 6.61 Å². The number of esters is 1. The minimum Gasteiger partial charge on any atom is -0.466 e. The Hall–Kier alpha value is -0.530. The lowest BCUT2D eigenvalue weighted by atomic mass is 9.98. The highest BCUT2D eigenvalue weighted by Crippen LogP contribution is 2.14. The van der Waals surface area contributed by atoms with E-state index in [9.17, 15) is 4.79 Å². The van der Waals surface area contributed by atoms with E-state index in [1.807, 2.05) is 0 Å². The lowest BCUT2D eigenvalue weighted by molar-refractivity contribution is -0.141. The number of carbonyl (C=O) groups is 1. The third-order valence-corrected chi connectivity index (χ3v) is 2.11. The quantitative estimate of drug-likeness (QED) is 0.576. The summed E-state index contributed by atoms with van der Waals surface area (Å²) in [4.78, 5) is 10.4. The van der Waals surface area contributed by atoms with Gasteiger partial charge in [0.25, 0.3) is 0 Å². The molecule has 0 aliphatic heterocycles. The molecule has 0 rings (SSSR count). The molecular formula is C10H20O2. The molecule has 0 radical (unpaired) electrons. The van der Waals surface area contributed by atoms with Crippen molar-refractivity contribution in [3.63, 3.8) is 0 Å². The van der Waals surface area contributed by atoms with Crippen LogP contribution in [0.15, 0.2) is 0 Å². The molecule has 12 heavy (non-hydrogen) atoms.